The summed E-state index contributed by atoms with van der Waals surface area (Å²) in [6.07, 6.45) is 3.00. The third-order valence-electron chi connectivity index (χ3n) is 3.76. The Labute approximate surface area is 88.1 Å². The Morgan fingerprint density at radius 1 is 1.36 bits per heavy atom. The predicted molar refractivity (Wildman–Crippen MR) is 58.0 cm³/mol. The van der Waals surface area contributed by atoms with Crippen LogP contribution in [0.4, 0.5) is 0 Å². The molecule has 2 aliphatic rings. The number of carbonyl (C=O) groups is 1. The Morgan fingerprint density at radius 3 is 2.79 bits per heavy atom. The third kappa shape index (κ3) is 0.876. The second kappa shape index (κ2) is 2.69. The van der Waals surface area contributed by atoms with Gasteiger partial charge in [-0.05, 0) is 30.9 Å². The number of ketones is 1. The molecule has 0 N–H and O–H groups in total. The Balaban J connectivity index is 2.11. The molecule has 2 heteroatoms. The van der Waals surface area contributed by atoms with Crippen molar-refractivity contribution >= 4 is 17.1 Å². The quantitative estimate of drug-likeness (QED) is 0.690. The summed E-state index contributed by atoms with van der Waals surface area (Å²) in [5, 5.41) is 0. The van der Waals surface area contributed by atoms with Gasteiger partial charge in [-0.25, -0.2) is 0 Å². The highest BCUT2D eigenvalue weighted by Gasteiger charge is 2.48. The van der Waals surface area contributed by atoms with Crippen molar-refractivity contribution in [2.45, 2.75) is 39.0 Å². The zero-order valence-electron chi connectivity index (χ0n) is 8.59. The second-order valence-corrected chi connectivity index (χ2v) is 5.72. The van der Waals surface area contributed by atoms with Gasteiger partial charge < -0.3 is 0 Å². The number of rotatable bonds is 1. The van der Waals surface area contributed by atoms with Crippen molar-refractivity contribution in [2.75, 3.05) is 0 Å². The van der Waals surface area contributed by atoms with Gasteiger partial charge >= 0.3 is 0 Å². The summed E-state index contributed by atoms with van der Waals surface area (Å²) >= 11 is 1.95. The van der Waals surface area contributed by atoms with Gasteiger partial charge in [0.15, 0.2) is 0 Å². The molecule has 1 heterocycles. The molecule has 2 atom stereocenters. The maximum absolute atomic E-state index is 11.4. The monoisotopic (exact) mass is 206 g/mol. The number of hydrogen-bond donors (Lipinski definition) is 0. The minimum Gasteiger partial charge on any atom is -0.299 e. The third-order valence-corrected chi connectivity index (χ3v) is 5.07. The van der Waals surface area contributed by atoms with Crippen LogP contribution >= 0.6 is 11.3 Å². The molecule has 0 amide bonds. The standard InChI is InChI=1S/C12H14OS/c1-3-11-12-7(6(2)14-11)4-8-9(12)5-10(8)13/h8-9H,3-5H2,1-2H3. The van der Waals surface area contributed by atoms with Crippen molar-refractivity contribution in [3.63, 3.8) is 0 Å². The molecule has 0 spiro atoms. The molecule has 2 aliphatic carbocycles. The number of thiophene rings is 1. The van der Waals surface area contributed by atoms with E-state index in [1.165, 1.54) is 15.3 Å². The molecule has 74 valence electrons. The van der Waals surface area contributed by atoms with Crippen LogP contribution in [0.25, 0.3) is 0 Å². The van der Waals surface area contributed by atoms with Crippen LogP contribution in [0.1, 0.15) is 40.1 Å². The van der Waals surface area contributed by atoms with Crippen molar-refractivity contribution in [1.29, 1.82) is 0 Å². The van der Waals surface area contributed by atoms with Gasteiger partial charge in [0.05, 0.1) is 0 Å². The maximum Gasteiger partial charge on any atom is 0.137 e. The van der Waals surface area contributed by atoms with E-state index < -0.39 is 0 Å². The summed E-state index contributed by atoms with van der Waals surface area (Å²) in [6, 6.07) is 0. The molecule has 0 saturated heterocycles. The number of fused-ring (bicyclic) bond motifs is 3. The first-order valence-corrected chi connectivity index (χ1v) is 6.17. The molecule has 0 bridgehead atoms. The normalized spacial score (nSPS) is 28.6. The van der Waals surface area contributed by atoms with Gasteiger partial charge in [0.1, 0.15) is 5.78 Å². The highest BCUT2D eigenvalue weighted by Crippen LogP contribution is 2.53. The van der Waals surface area contributed by atoms with E-state index in [0.717, 1.165) is 19.3 Å². The Kier molecular flexibility index (Phi) is 1.67. The van der Waals surface area contributed by atoms with Crippen molar-refractivity contribution in [1.82, 2.24) is 0 Å². The SMILES string of the molecule is CCc1sc(C)c2c1C1CC(=O)C1C2. The average Bonchev–Trinajstić information content (AvgIpc) is 2.62. The van der Waals surface area contributed by atoms with Crippen LogP contribution in [0.3, 0.4) is 0 Å². The number of Topliss-reactive ketones (excluding diaryl/α,β-unsaturated/α-hetero) is 1. The van der Waals surface area contributed by atoms with Gasteiger partial charge in [-0.1, -0.05) is 6.92 Å². The zero-order valence-corrected chi connectivity index (χ0v) is 9.41. The fourth-order valence-corrected chi connectivity index (χ4v) is 4.17. The van der Waals surface area contributed by atoms with E-state index in [1.807, 2.05) is 11.3 Å². The minimum atomic E-state index is 0.373. The molecule has 2 unspecified atom stereocenters. The Bertz CT molecular complexity index is 416. The molecule has 1 saturated carbocycles. The second-order valence-electron chi connectivity index (χ2n) is 4.41. The highest BCUT2D eigenvalue weighted by atomic mass is 32.1. The van der Waals surface area contributed by atoms with Crippen LogP contribution in [0.15, 0.2) is 0 Å². The first-order valence-electron chi connectivity index (χ1n) is 5.36. The summed E-state index contributed by atoms with van der Waals surface area (Å²) in [7, 11) is 0. The molecular formula is C12H14OS. The molecule has 1 nitrogen and oxygen atoms in total. The fraction of sp³-hybridized carbons (Fsp3) is 0.583. The van der Waals surface area contributed by atoms with E-state index in [0.29, 0.717) is 17.6 Å². The molecular weight excluding hydrogens is 192 g/mol. The first kappa shape index (κ1) is 8.66. The van der Waals surface area contributed by atoms with Crippen LogP contribution in [0.2, 0.25) is 0 Å². The molecule has 1 aromatic heterocycles. The molecule has 0 aromatic carbocycles. The van der Waals surface area contributed by atoms with Crippen molar-refractivity contribution in [3.05, 3.63) is 20.9 Å². The van der Waals surface area contributed by atoms with E-state index in [2.05, 4.69) is 13.8 Å². The van der Waals surface area contributed by atoms with Gasteiger partial charge in [-0.15, -0.1) is 11.3 Å². The minimum absolute atomic E-state index is 0.373. The largest absolute Gasteiger partial charge is 0.299 e. The Morgan fingerprint density at radius 2 is 2.14 bits per heavy atom. The van der Waals surface area contributed by atoms with Crippen LogP contribution in [-0.4, -0.2) is 5.78 Å². The van der Waals surface area contributed by atoms with Gasteiger partial charge in [0.2, 0.25) is 0 Å². The lowest BCUT2D eigenvalue weighted by atomic mass is 9.73. The van der Waals surface area contributed by atoms with Crippen LogP contribution in [-0.2, 0) is 17.6 Å². The molecule has 3 rings (SSSR count). The predicted octanol–water partition coefficient (Wildman–Crippen LogP) is 2.85. The van der Waals surface area contributed by atoms with E-state index in [1.54, 1.807) is 5.56 Å². The van der Waals surface area contributed by atoms with Crippen molar-refractivity contribution < 1.29 is 4.79 Å². The topological polar surface area (TPSA) is 17.1 Å². The Hall–Kier alpha value is -0.630. The molecule has 14 heavy (non-hydrogen) atoms. The van der Waals surface area contributed by atoms with E-state index in [4.69, 9.17) is 0 Å². The lowest BCUT2D eigenvalue weighted by molar-refractivity contribution is -0.130. The average molecular weight is 206 g/mol. The fourth-order valence-electron chi connectivity index (χ4n) is 2.96. The lowest BCUT2D eigenvalue weighted by Gasteiger charge is -2.29. The van der Waals surface area contributed by atoms with E-state index >= 15 is 0 Å². The van der Waals surface area contributed by atoms with E-state index in [9.17, 15) is 4.79 Å². The van der Waals surface area contributed by atoms with E-state index in [-0.39, 0.29) is 0 Å². The van der Waals surface area contributed by atoms with Crippen LogP contribution in [0.5, 0.6) is 0 Å². The van der Waals surface area contributed by atoms with Gasteiger partial charge in [-0.3, -0.25) is 4.79 Å². The van der Waals surface area contributed by atoms with Crippen molar-refractivity contribution in [2.24, 2.45) is 5.92 Å². The smallest absolute Gasteiger partial charge is 0.137 e. The summed E-state index contributed by atoms with van der Waals surface area (Å²) in [5.74, 6) is 1.48. The van der Waals surface area contributed by atoms with Crippen LogP contribution < -0.4 is 0 Å². The highest BCUT2D eigenvalue weighted by molar-refractivity contribution is 7.12. The maximum atomic E-state index is 11.4. The number of hydrogen-bond acceptors (Lipinski definition) is 2. The lowest BCUT2D eigenvalue weighted by Crippen LogP contribution is -2.32. The summed E-state index contributed by atoms with van der Waals surface area (Å²) in [5.41, 5.74) is 3.09. The number of carbonyl (C=O) groups excluding carboxylic acids is 1. The first-order chi connectivity index (χ1) is 6.72. The zero-order chi connectivity index (χ0) is 9.87. The molecule has 1 fully saturated rings. The summed E-state index contributed by atoms with van der Waals surface area (Å²) < 4.78 is 0. The molecule has 0 aliphatic heterocycles. The van der Waals surface area contributed by atoms with Crippen LogP contribution in [0, 0.1) is 12.8 Å². The van der Waals surface area contributed by atoms with Gasteiger partial charge in [-0.2, -0.15) is 0 Å². The van der Waals surface area contributed by atoms with Crippen molar-refractivity contribution in [3.8, 4) is 0 Å². The molecule has 1 aromatic rings. The summed E-state index contributed by atoms with van der Waals surface area (Å²) in [4.78, 5) is 14.4. The summed E-state index contributed by atoms with van der Waals surface area (Å²) in [6.45, 7) is 4.43. The number of aryl methyl sites for hydroxylation is 2. The van der Waals surface area contributed by atoms with Gasteiger partial charge in [0.25, 0.3) is 0 Å². The molecule has 0 radical (unpaired) electrons. The van der Waals surface area contributed by atoms with Gasteiger partial charge in [0, 0.05) is 28.0 Å².